The van der Waals surface area contributed by atoms with Crippen molar-refractivity contribution in [1.82, 2.24) is 25.2 Å². The van der Waals surface area contributed by atoms with E-state index in [1.165, 1.54) is 0 Å². The molecule has 4 rings (SSSR count). The minimum atomic E-state index is -0.204. The molecule has 2 aliphatic heterocycles. The van der Waals surface area contributed by atoms with Crippen LogP contribution >= 0.6 is 0 Å². The van der Waals surface area contributed by atoms with Crippen LogP contribution in [0.2, 0.25) is 0 Å². The van der Waals surface area contributed by atoms with Crippen molar-refractivity contribution in [3.8, 4) is 11.5 Å². The molecule has 150 valence electrons. The van der Waals surface area contributed by atoms with E-state index in [1.807, 2.05) is 28.9 Å². The van der Waals surface area contributed by atoms with Gasteiger partial charge in [0.1, 0.15) is 6.61 Å². The van der Waals surface area contributed by atoms with Gasteiger partial charge in [-0.15, -0.1) is 5.10 Å². The molecule has 28 heavy (non-hydrogen) atoms. The molecule has 2 aliphatic rings. The first kappa shape index (κ1) is 18.7. The summed E-state index contributed by atoms with van der Waals surface area (Å²) in [5.41, 5.74) is 0.393. The third kappa shape index (κ3) is 4.11. The smallest absolute Gasteiger partial charge is 0.276 e. The summed E-state index contributed by atoms with van der Waals surface area (Å²) in [6.07, 6.45) is 4.45. The van der Waals surface area contributed by atoms with Gasteiger partial charge in [-0.05, 0) is 44.5 Å². The average molecular weight is 385 g/mol. The number of hydrogen-bond acceptors (Lipinski definition) is 6. The second kappa shape index (κ2) is 8.60. The zero-order chi connectivity index (χ0) is 19.3. The number of ether oxygens (including phenoxy) is 2. The molecular weight excluding hydrogens is 358 g/mol. The lowest BCUT2D eigenvalue weighted by Crippen LogP contribution is -2.44. The van der Waals surface area contributed by atoms with Gasteiger partial charge in [0.15, 0.2) is 23.3 Å². The Bertz CT molecular complexity index is 803. The van der Waals surface area contributed by atoms with E-state index in [4.69, 9.17) is 9.47 Å². The molecule has 0 bridgehead atoms. The van der Waals surface area contributed by atoms with E-state index in [-0.39, 0.29) is 12.0 Å². The van der Waals surface area contributed by atoms with Gasteiger partial charge < -0.3 is 19.7 Å². The Balaban J connectivity index is 1.43. The number of hydrogen-bond donors (Lipinski definition) is 1. The lowest BCUT2D eigenvalue weighted by atomic mass is 10.1. The number of amides is 1. The number of carbonyl (C=O) groups is 1. The van der Waals surface area contributed by atoms with Crippen LogP contribution in [0.3, 0.4) is 0 Å². The zero-order valence-corrected chi connectivity index (χ0v) is 16.2. The molecule has 1 saturated heterocycles. The standard InChI is InChI=1S/C20H27N5O3/c1-2-11-24(12-16-14-27-18-5-3-4-6-19(18)28-16)20(26)17-13-25(23-22-17)15-7-9-21-10-8-15/h3-6,13,15-16,21H,2,7-12,14H2,1H3. The van der Waals surface area contributed by atoms with E-state index < -0.39 is 0 Å². The maximum absolute atomic E-state index is 13.1. The molecule has 1 unspecified atom stereocenters. The summed E-state index contributed by atoms with van der Waals surface area (Å²) in [4.78, 5) is 14.8. The molecule has 0 radical (unpaired) electrons. The van der Waals surface area contributed by atoms with Crippen LogP contribution in [0.4, 0.5) is 0 Å². The normalized spacial score (nSPS) is 19.4. The van der Waals surface area contributed by atoms with E-state index in [1.54, 1.807) is 11.1 Å². The number of para-hydroxylation sites is 2. The van der Waals surface area contributed by atoms with Crippen molar-refractivity contribution in [3.63, 3.8) is 0 Å². The van der Waals surface area contributed by atoms with Crippen molar-refractivity contribution < 1.29 is 14.3 Å². The molecule has 8 heteroatoms. The molecule has 1 N–H and O–H groups in total. The van der Waals surface area contributed by atoms with Crippen molar-refractivity contribution in [2.45, 2.75) is 38.3 Å². The van der Waals surface area contributed by atoms with E-state index in [0.29, 0.717) is 31.4 Å². The summed E-state index contributed by atoms with van der Waals surface area (Å²) in [6.45, 7) is 5.51. The fourth-order valence-electron chi connectivity index (χ4n) is 3.73. The van der Waals surface area contributed by atoms with Gasteiger partial charge in [0.25, 0.3) is 5.91 Å². The van der Waals surface area contributed by atoms with Crippen molar-refractivity contribution in [1.29, 1.82) is 0 Å². The Hall–Kier alpha value is -2.61. The Kier molecular flexibility index (Phi) is 5.76. The van der Waals surface area contributed by atoms with Gasteiger partial charge in [0.05, 0.1) is 18.8 Å². The van der Waals surface area contributed by atoms with Crippen molar-refractivity contribution in [2.24, 2.45) is 0 Å². The van der Waals surface area contributed by atoms with Crippen LogP contribution in [0, 0.1) is 0 Å². The van der Waals surface area contributed by atoms with Crippen LogP contribution in [0.1, 0.15) is 42.7 Å². The van der Waals surface area contributed by atoms with Crippen molar-refractivity contribution >= 4 is 5.91 Å². The summed E-state index contributed by atoms with van der Waals surface area (Å²) in [6, 6.07) is 7.92. The number of carbonyl (C=O) groups excluding carboxylic acids is 1. The fourth-order valence-corrected chi connectivity index (χ4v) is 3.73. The molecule has 0 aliphatic carbocycles. The van der Waals surface area contributed by atoms with E-state index in [2.05, 4.69) is 22.6 Å². The summed E-state index contributed by atoms with van der Waals surface area (Å²) in [5, 5.41) is 11.7. The highest BCUT2D eigenvalue weighted by Gasteiger charge is 2.27. The van der Waals surface area contributed by atoms with Crippen molar-refractivity contribution in [3.05, 3.63) is 36.2 Å². The average Bonchev–Trinajstić information content (AvgIpc) is 3.24. The van der Waals surface area contributed by atoms with Crippen molar-refractivity contribution in [2.75, 3.05) is 32.8 Å². The van der Waals surface area contributed by atoms with Gasteiger partial charge in [0, 0.05) is 6.54 Å². The second-order valence-corrected chi connectivity index (χ2v) is 7.31. The number of fused-ring (bicyclic) bond motifs is 1. The molecule has 0 spiro atoms. The van der Waals surface area contributed by atoms with E-state index in [0.717, 1.165) is 43.9 Å². The summed E-state index contributed by atoms with van der Waals surface area (Å²) >= 11 is 0. The first-order valence-electron chi connectivity index (χ1n) is 10.0. The highest BCUT2D eigenvalue weighted by molar-refractivity contribution is 5.92. The second-order valence-electron chi connectivity index (χ2n) is 7.31. The van der Waals surface area contributed by atoms with Crippen LogP contribution in [0.25, 0.3) is 0 Å². The SMILES string of the molecule is CCCN(CC1COc2ccccc2O1)C(=O)c1cn(C2CCNCC2)nn1. The summed E-state index contributed by atoms with van der Waals surface area (Å²) in [5.74, 6) is 1.36. The predicted octanol–water partition coefficient (Wildman–Crippen LogP) is 1.89. The third-order valence-corrected chi connectivity index (χ3v) is 5.18. The largest absolute Gasteiger partial charge is 0.486 e. The number of benzene rings is 1. The Labute approximate surface area is 164 Å². The monoisotopic (exact) mass is 385 g/mol. The fraction of sp³-hybridized carbons (Fsp3) is 0.550. The molecular formula is C20H27N5O3. The van der Waals surface area contributed by atoms with Gasteiger partial charge in [-0.1, -0.05) is 24.3 Å². The van der Waals surface area contributed by atoms with Gasteiger partial charge >= 0.3 is 0 Å². The van der Waals surface area contributed by atoms with Crippen LogP contribution in [0.5, 0.6) is 11.5 Å². The lowest BCUT2D eigenvalue weighted by Gasteiger charge is -2.31. The quantitative estimate of drug-likeness (QED) is 0.818. The van der Waals surface area contributed by atoms with Crippen LogP contribution in [-0.2, 0) is 0 Å². The molecule has 1 aromatic carbocycles. The van der Waals surface area contributed by atoms with Gasteiger partial charge in [0.2, 0.25) is 0 Å². The van der Waals surface area contributed by atoms with Gasteiger partial charge in [-0.25, -0.2) is 4.68 Å². The number of nitrogens with one attached hydrogen (secondary N) is 1. The lowest BCUT2D eigenvalue weighted by molar-refractivity contribution is 0.0459. The van der Waals surface area contributed by atoms with E-state index in [9.17, 15) is 4.79 Å². The number of aromatic nitrogens is 3. The highest BCUT2D eigenvalue weighted by atomic mass is 16.6. The molecule has 2 aromatic rings. The van der Waals surface area contributed by atoms with E-state index >= 15 is 0 Å². The highest BCUT2D eigenvalue weighted by Crippen LogP contribution is 2.31. The summed E-state index contributed by atoms with van der Waals surface area (Å²) < 4.78 is 13.7. The number of piperidine rings is 1. The summed E-state index contributed by atoms with van der Waals surface area (Å²) in [7, 11) is 0. The topological polar surface area (TPSA) is 81.5 Å². The Morgan fingerprint density at radius 2 is 2.07 bits per heavy atom. The third-order valence-electron chi connectivity index (χ3n) is 5.18. The van der Waals surface area contributed by atoms with Crippen LogP contribution in [-0.4, -0.2) is 64.7 Å². The minimum Gasteiger partial charge on any atom is -0.486 e. The Morgan fingerprint density at radius 1 is 1.29 bits per heavy atom. The maximum atomic E-state index is 13.1. The molecule has 3 heterocycles. The molecule has 1 atom stereocenters. The molecule has 1 fully saturated rings. The van der Waals surface area contributed by atoms with Gasteiger partial charge in [-0.3, -0.25) is 4.79 Å². The number of rotatable bonds is 6. The predicted molar refractivity (Wildman–Crippen MR) is 104 cm³/mol. The molecule has 0 saturated carbocycles. The molecule has 1 amide bonds. The molecule has 1 aromatic heterocycles. The Morgan fingerprint density at radius 3 is 2.86 bits per heavy atom. The van der Waals surface area contributed by atoms with Crippen LogP contribution in [0.15, 0.2) is 30.5 Å². The molecule has 8 nitrogen and oxygen atoms in total. The first-order chi connectivity index (χ1) is 13.7. The minimum absolute atomic E-state index is 0.107. The zero-order valence-electron chi connectivity index (χ0n) is 16.2. The first-order valence-corrected chi connectivity index (χ1v) is 10.0. The number of nitrogens with zero attached hydrogens (tertiary/aromatic N) is 4. The maximum Gasteiger partial charge on any atom is 0.276 e. The van der Waals surface area contributed by atoms with Crippen LogP contribution < -0.4 is 14.8 Å². The van der Waals surface area contributed by atoms with Gasteiger partial charge in [-0.2, -0.15) is 0 Å².